The fourth-order valence-electron chi connectivity index (χ4n) is 2.07. The maximum atomic E-state index is 11.5. The van der Waals surface area contributed by atoms with Gasteiger partial charge >= 0.3 is 0 Å². The van der Waals surface area contributed by atoms with Crippen molar-refractivity contribution >= 4 is 21.8 Å². The van der Waals surface area contributed by atoms with Crippen LogP contribution < -0.4 is 4.72 Å². The quantitative estimate of drug-likeness (QED) is 0.720. The van der Waals surface area contributed by atoms with Crippen molar-refractivity contribution in [3.8, 4) is 0 Å². The third-order valence-corrected chi connectivity index (χ3v) is 6.52. The molecule has 0 saturated carbocycles. The Morgan fingerprint density at radius 1 is 1.42 bits per heavy atom. The van der Waals surface area contributed by atoms with Gasteiger partial charge in [0.05, 0.1) is 5.25 Å². The van der Waals surface area contributed by atoms with Crippen molar-refractivity contribution in [3.63, 3.8) is 0 Å². The lowest BCUT2D eigenvalue weighted by Gasteiger charge is -2.19. The highest BCUT2D eigenvalue weighted by Crippen LogP contribution is 2.48. The van der Waals surface area contributed by atoms with Crippen molar-refractivity contribution < 1.29 is 8.42 Å². The molecule has 0 aromatic carbocycles. The Hall–Kier alpha value is 0.260. The maximum absolute atomic E-state index is 11.5. The zero-order valence-electron chi connectivity index (χ0n) is 6.99. The average Bonchev–Trinajstić information content (AvgIpc) is 2.64. The van der Waals surface area contributed by atoms with Crippen LogP contribution in [0.4, 0.5) is 0 Å². The first-order valence-corrected chi connectivity index (χ1v) is 6.70. The van der Waals surface area contributed by atoms with Crippen molar-refractivity contribution in [3.05, 3.63) is 0 Å². The Morgan fingerprint density at radius 3 is 2.58 bits per heavy atom. The number of sulfonamides is 1. The largest absolute Gasteiger partial charge is 0.218 e. The summed E-state index contributed by atoms with van der Waals surface area (Å²) in [6, 6.07) is 0. The van der Waals surface area contributed by atoms with Gasteiger partial charge in [-0.3, -0.25) is 0 Å². The van der Waals surface area contributed by atoms with Crippen LogP contribution in [0.1, 0.15) is 19.3 Å². The molecular formula is C7H13NO2S2. The first-order chi connectivity index (χ1) is 5.63. The average molecular weight is 207 g/mol. The lowest BCUT2D eigenvalue weighted by atomic mass is 10.0. The summed E-state index contributed by atoms with van der Waals surface area (Å²) in [5.41, 5.74) is 0. The Kier molecular flexibility index (Phi) is 2.13. The Labute approximate surface area is 77.4 Å². The lowest BCUT2D eigenvalue weighted by Crippen LogP contribution is -2.37. The van der Waals surface area contributed by atoms with E-state index in [-0.39, 0.29) is 5.25 Å². The molecule has 0 aliphatic carbocycles. The second-order valence-electron chi connectivity index (χ2n) is 3.40. The third kappa shape index (κ3) is 1.28. The summed E-state index contributed by atoms with van der Waals surface area (Å²) < 4.78 is 25.4. The number of hydrogen-bond acceptors (Lipinski definition) is 3. The second kappa shape index (κ2) is 2.89. The van der Waals surface area contributed by atoms with Crippen LogP contribution in [-0.2, 0) is 10.0 Å². The molecule has 0 aromatic rings. The van der Waals surface area contributed by atoms with Gasteiger partial charge in [0.25, 0.3) is 0 Å². The van der Waals surface area contributed by atoms with E-state index in [1.807, 2.05) is 11.8 Å². The molecule has 2 rings (SSSR count). The first kappa shape index (κ1) is 8.84. The van der Waals surface area contributed by atoms with Gasteiger partial charge in [0.1, 0.15) is 0 Å². The van der Waals surface area contributed by atoms with E-state index >= 15 is 0 Å². The Balaban J connectivity index is 2.17. The normalized spacial score (nSPS) is 40.6. The summed E-state index contributed by atoms with van der Waals surface area (Å²) in [6.07, 6.45) is 3.16. The van der Waals surface area contributed by atoms with Crippen molar-refractivity contribution in [1.29, 1.82) is 0 Å². The molecule has 1 N–H and O–H groups in total. The molecule has 0 spiro atoms. The molecule has 3 atom stereocenters. The number of thioether (sulfide) groups is 1. The van der Waals surface area contributed by atoms with Gasteiger partial charge in [-0.2, -0.15) is 11.8 Å². The second-order valence-corrected chi connectivity index (χ2v) is 7.05. The standard InChI is InChI=1S/C7H13NO2S2/c1-8-12(9,10)7-4-5-2-3-6(7)11-5/h5-8H,2-4H2,1H3. The van der Waals surface area contributed by atoms with Crippen LogP contribution in [-0.4, -0.2) is 31.2 Å². The van der Waals surface area contributed by atoms with Crippen molar-refractivity contribution in [2.24, 2.45) is 0 Å². The maximum Gasteiger partial charge on any atom is 0.215 e. The van der Waals surface area contributed by atoms with Crippen LogP contribution >= 0.6 is 11.8 Å². The molecule has 2 fully saturated rings. The predicted octanol–water partition coefficient (Wildman–Crippen LogP) is 0.572. The van der Waals surface area contributed by atoms with E-state index in [1.54, 1.807) is 0 Å². The Morgan fingerprint density at radius 2 is 2.17 bits per heavy atom. The van der Waals surface area contributed by atoms with Gasteiger partial charge in [-0.25, -0.2) is 13.1 Å². The van der Waals surface area contributed by atoms with Crippen LogP contribution in [0.2, 0.25) is 0 Å². The zero-order valence-corrected chi connectivity index (χ0v) is 8.62. The van der Waals surface area contributed by atoms with E-state index in [9.17, 15) is 8.42 Å². The topological polar surface area (TPSA) is 46.2 Å². The van der Waals surface area contributed by atoms with Crippen LogP contribution in [0.25, 0.3) is 0 Å². The van der Waals surface area contributed by atoms with E-state index < -0.39 is 10.0 Å². The summed E-state index contributed by atoms with van der Waals surface area (Å²) in [4.78, 5) is 0. The van der Waals surface area contributed by atoms with Crippen LogP contribution in [0.15, 0.2) is 0 Å². The Bertz CT molecular complexity index is 275. The fourth-order valence-corrected chi connectivity index (χ4v) is 5.79. The van der Waals surface area contributed by atoms with Gasteiger partial charge in [0, 0.05) is 10.5 Å². The molecule has 0 aromatic heterocycles. The molecule has 2 saturated heterocycles. The molecule has 2 aliphatic rings. The highest BCUT2D eigenvalue weighted by molar-refractivity contribution is 8.02. The molecule has 2 heterocycles. The van der Waals surface area contributed by atoms with Crippen molar-refractivity contribution in [2.45, 2.75) is 35.0 Å². The van der Waals surface area contributed by atoms with Crippen molar-refractivity contribution in [2.75, 3.05) is 7.05 Å². The number of fused-ring (bicyclic) bond motifs is 2. The molecule has 0 amide bonds. The minimum atomic E-state index is -3.00. The highest BCUT2D eigenvalue weighted by Gasteiger charge is 2.46. The van der Waals surface area contributed by atoms with Gasteiger partial charge in [-0.15, -0.1) is 0 Å². The molecule has 3 nitrogen and oxygen atoms in total. The minimum absolute atomic E-state index is 0.119. The SMILES string of the molecule is CNS(=O)(=O)C1CC2CCC1S2. The van der Waals surface area contributed by atoms with Crippen LogP contribution in [0.3, 0.4) is 0 Å². The molecule has 0 radical (unpaired) electrons. The lowest BCUT2D eigenvalue weighted by molar-refractivity contribution is 0.525. The van der Waals surface area contributed by atoms with E-state index in [4.69, 9.17) is 0 Å². The van der Waals surface area contributed by atoms with Gasteiger partial charge in [0.15, 0.2) is 0 Å². The molecule has 3 unspecified atom stereocenters. The molecule has 2 aliphatic heterocycles. The number of rotatable bonds is 2. The van der Waals surface area contributed by atoms with Gasteiger partial charge in [0.2, 0.25) is 10.0 Å². The molecule has 5 heteroatoms. The number of nitrogens with one attached hydrogen (secondary N) is 1. The number of hydrogen-bond donors (Lipinski definition) is 1. The van der Waals surface area contributed by atoms with E-state index in [1.165, 1.54) is 13.5 Å². The van der Waals surface area contributed by atoms with E-state index in [0.717, 1.165) is 12.8 Å². The molecule has 70 valence electrons. The molecular weight excluding hydrogens is 194 g/mol. The third-order valence-electron chi connectivity index (χ3n) is 2.73. The monoisotopic (exact) mass is 207 g/mol. The summed E-state index contributed by atoms with van der Waals surface area (Å²) in [5.74, 6) is 0. The van der Waals surface area contributed by atoms with Gasteiger partial charge in [-0.1, -0.05) is 0 Å². The summed E-state index contributed by atoms with van der Waals surface area (Å²) in [7, 11) is -1.49. The fraction of sp³-hybridized carbons (Fsp3) is 1.00. The molecule has 12 heavy (non-hydrogen) atoms. The van der Waals surface area contributed by atoms with Crippen molar-refractivity contribution in [1.82, 2.24) is 4.72 Å². The van der Waals surface area contributed by atoms with E-state index in [2.05, 4.69) is 4.72 Å². The summed E-state index contributed by atoms with van der Waals surface area (Å²) in [6.45, 7) is 0. The van der Waals surface area contributed by atoms with Gasteiger partial charge in [-0.05, 0) is 26.3 Å². The molecule has 2 bridgehead atoms. The summed E-state index contributed by atoms with van der Waals surface area (Å²) >= 11 is 1.86. The zero-order chi connectivity index (χ0) is 8.77. The van der Waals surface area contributed by atoms with Gasteiger partial charge < -0.3 is 0 Å². The smallest absolute Gasteiger partial charge is 0.215 e. The predicted molar refractivity (Wildman–Crippen MR) is 50.8 cm³/mol. The minimum Gasteiger partial charge on any atom is -0.218 e. The van der Waals surface area contributed by atoms with E-state index in [0.29, 0.717) is 10.5 Å². The first-order valence-electron chi connectivity index (χ1n) is 4.21. The van der Waals surface area contributed by atoms with Crippen LogP contribution in [0.5, 0.6) is 0 Å². The highest BCUT2D eigenvalue weighted by atomic mass is 32.2. The van der Waals surface area contributed by atoms with Crippen LogP contribution in [0, 0.1) is 0 Å². The summed E-state index contributed by atoms with van der Waals surface area (Å²) in [5, 5.41) is 0.863.